The Morgan fingerprint density at radius 3 is 2.55 bits per heavy atom. The largest absolute Gasteiger partial charge is 0.475 e. The van der Waals surface area contributed by atoms with Crippen molar-refractivity contribution in [2.75, 3.05) is 5.32 Å². The number of carbonyl (C=O) groups excluding carboxylic acids is 1. The zero-order valence-electron chi connectivity index (χ0n) is 9.49. The first-order valence-electron chi connectivity index (χ1n) is 5.04. The Hall–Kier alpha value is -2.29. The summed E-state index contributed by atoms with van der Waals surface area (Å²) in [5.74, 6) is -4.63. The number of aromatic nitrogens is 1. The second-order valence-electron chi connectivity index (χ2n) is 3.58. The molecule has 0 saturated heterocycles. The molecule has 6 nitrogen and oxygen atoms in total. The molecule has 2 rings (SSSR count). The maximum Gasteiger partial charge on any atom is 0.374 e. The number of halogens is 3. The number of hydrogen-bond acceptors (Lipinski definition) is 4. The summed E-state index contributed by atoms with van der Waals surface area (Å²) in [6.45, 7) is 0. The third-order valence-electron chi connectivity index (χ3n) is 2.21. The van der Waals surface area contributed by atoms with E-state index in [0.717, 1.165) is 12.1 Å². The zero-order chi connectivity index (χ0) is 14.9. The topological polar surface area (TPSA) is 92.4 Å². The van der Waals surface area contributed by atoms with Crippen LogP contribution in [0.5, 0.6) is 0 Å². The standard InChI is InChI=1S/C11H5BrF2N2O4/c12-4-1-7(6(14)2-5(4)13)15-10(17)8-3-9(11(18)19)20-16-8/h1-3H,(H,15,17)(H,18,19). The van der Waals surface area contributed by atoms with Gasteiger partial charge in [-0.15, -0.1) is 0 Å². The van der Waals surface area contributed by atoms with Crippen molar-refractivity contribution in [3.8, 4) is 0 Å². The normalized spacial score (nSPS) is 10.3. The van der Waals surface area contributed by atoms with Crippen LogP contribution in [-0.2, 0) is 0 Å². The molecular weight excluding hydrogens is 342 g/mol. The van der Waals surface area contributed by atoms with Gasteiger partial charge in [-0.3, -0.25) is 4.79 Å². The summed E-state index contributed by atoms with van der Waals surface area (Å²) in [5.41, 5.74) is -0.634. The van der Waals surface area contributed by atoms with Crippen molar-refractivity contribution in [1.29, 1.82) is 0 Å². The summed E-state index contributed by atoms with van der Waals surface area (Å²) in [5, 5.41) is 14.0. The zero-order valence-corrected chi connectivity index (χ0v) is 11.1. The van der Waals surface area contributed by atoms with Gasteiger partial charge in [0, 0.05) is 12.1 Å². The van der Waals surface area contributed by atoms with Crippen LogP contribution in [0, 0.1) is 11.6 Å². The lowest BCUT2D eigenvalue weighted by Crippen LogP contribution is -2.13. The van der Waals surface area contributed by atoms with Crippen LogP contribution < -0.4 is 5.32 Å². The fourth-order valence-electron chi connectivity index (χ4n) is 1.29. The minimum absolute atomic E-state index is 0.0411. The molecule has 1 aromatic carbocycles. The summed E-state index contributed by atoms with van der Waals surface area (Å²) in [7, 11) is 0. The van der Waals surface area contributed by atoms with Crippen LogP contribution in [0.1, 0.15) is 21.0 Å². The second-order valence-corrected chi connectivity index (χ2v) is 4.44. The molecule has 0 spiro atoms. The summed E-state index contributed by atoms with van der Waals surface area (Å²) in [6, 6.07) is 2.50. The Bertz CT molecular complexity index is 702. The van der Waals surface area contributed by atoms with Gasteiger partial charge < -0.3 is 14.9 Å². The molecule has 1 aromatic heterocycles. The van der Waals surface area contributed by atoms with Crippen LogP contribution >= 0.6 is 15.9 Å². The van der Waals surface area contributed by atoms with Gasteiger partial charge in [-0.1, -0.05) is 5.16 Å². The van der Waals surface area contributed by atoms with Crippen LogP contribution in [0.15, 0.2) is 27.2 Å². The number of aromatic carboxylic acids is 1. The van der Waals surface area contributed by atoms with E-state index in [0.29, 0.717) is 6.07 Å². The molecule has 0 bridgehead atoms. The average Bonchev–Trinajstić information content (AvgIpc) is 2.85. The van der Waals surface area contributed by atoms with Crippen LogP contribution in [0.25, 0.3) is 0 Å². The molecule has 9 heteroatoms. The van der Waals surface area contributed by atoms with Crippen molar-refractivity contribution in [2.45, 2.75) is 0 Å². The summed E-state index contributed by atoms with van der Waals surface area (Å²) < 4.78 is 30.8. The first kappa shape index (κ1) is 14.1. The van der Waals surface area contributed by atoms with Crippen LogP contribution in [0.4, 0.5) is 14.5 Å². The number of amides is 1. The third kappa shape index (κ3) is 2.82. The van der Waals surface area contributed by atoms with E-state index in [1.807, 2.05) is 0 Å². The van der Waals surface area contributed by atoms with Gasteiger partial charge >= 0.3 is 5.97 Å². The van der Waals surface area contributed by atoms with Crippen molar-refractivity contribution in [3.63, 3.8) is 0 Å². The number of carboxylic acids is 1. The van der Waals surface area contributed by atoms with E-state index in [-0.39, 0.29) is 15.9 Å². The lowest BCUT2D eigenvalue weighted by molar-refractivity contribution is 0.0651. The van der Waals surface area contributed by atoms with Crippen molar-refractivity contribution in [3.05, 3.63) is 45.8 Å². The van der Waals surface area contributed by atoms with Gasteiger partial charge in [0.15, 0.2) is 5.69 Å². The fraction of sp³-hybridized carbons (Fsp3) is 0. The molecule has 0 aliphatic carbocycles. The van der Waals surface area contributed by atoms with Gasteiger partial charge in [0.05, 0.1) is 10.2 Å². The van der Waals surface area contributed by atoms with E-state index in [2.05, 4.69) is 30.9 Å². The highest BCUT2D eigenvalue weighted by atomic mass is 79.9. The number of benzene rings is 1. The minimum atomic E-state index is -1.40. The molecule has 1 heterocycles. The van der Waals surface area contributed by atoms with Crippen molar-refractivity contribution in [2.24, 2.45) is 0 Å². The molecule has 20 heavy (non-hydrogen) atoms. The van der Waals surface area contributed by atoms with Crippen LogP contribution in [0.3, 0.4) is 0 Å². The Kier molecular flexibility index (Phi) is 3.79. The fourth-order valence-corrected chi connectivity index (χ4v) is 1.63. The van der Waals surface area contributed by atoms with Gasteiger partial charge in [-0.05, 0) is 22.0 Å². The quantitative estimate of drug-likeness (QED) is 0.833. The predicted octanol–water partition coefficient (Wildman–Crippen LogP) is 2.67. The minimum Gasteiger partial charge on any atom is -0.475 e. The van der Waals surface area contributed by atoms with Crippen molar-refractivity contribution < 1.29 is 28.0 Å². The predicted molar refractivity (Wildman–Crippen MR) is 65.5 cm³/mol. The van der Waals surface area contributed by atoms with Gasteiger partial charge in [0.2, 0.25) is 5.76 Å². The molecule has 0 atom stereocenters. The number of hydrogen-bond donors (Lipinski definition) is 2. The molecule has 104 valence electrons. The first-order valence-corrected chi connectivity index (χ1v) is 5.83. The molecule has 2 aromatic rings. The van der Waals surface area contributed by atoms with E-state index in [4.69, 9.17) is 5.11 Å². The highest BCUT2D eigenvalue weighted by Crippen LogP contribution is 2.24. The van der Waals surface area contributed by atoms with Crippen molar-refractivity contribution in [1.82, 2.24) is 5.16 Å². The summed E-state index contributed by atoms with van der Waals surface area (Å²) in [4.78, 5) is 22.3. The molecule has 1 amide bonds. The summed E-state index contributed by atoms with van der Waals surface area (Å²) in [6.07, 6.45) is 0. The molecule has 0 fully saturated rings. The van der Waals surface area contributed by atoms with Gasteiger partial charge in [0.25, 0.3) is 5.91 Å². The molecule has 0 saturated carbocycles. The van der Waals surface area contributed by atoms with Gasteiger partial charge in [-0.25, -0.2) is 13.6 Å². The van der Waals surface area contributed by atoms with E-state index in [9.17, 15) is 18.4 Å². The second kappa shape index (κ2) is 5.37. The van der Waals surface area contributed by atoms with E-state index in [1.165, 1.54) is 0 Å². The number of anilines is 1. The average molecular weight is 347 g/mol. The Balaban J connectivity index is 2.23. The lowest BCUT2D eigenvalue weighted by Gasteiger charge is -2.05. The third-order valence-corrected chi connectivity index (χ3v) is 2.82. The van der Waals surface area contributed by atoms with Gasteiger partial charge in [0.1, 0.15) is 11.6 Å². The molecule has 0 radical (unpaired) electrons. The molecule has 0 aliphatic rings. The maximum absolute atomic E-state index is 13.4. The Morgan fingerprint density at radius 2 is 1.95 bits per heavy atom. The van der Waals surface area contributed by atoms with E-state index >= 15 is 0 Å². The number of nitrogens with one attached hydrogen (secondary N) is 1. The maximum atomic E-state index is 13.4. The van der Waals surface area contributed by atoms with Crippen LogP contribution in [-0.4, -0.2) is 22.1 Å². The Labute approximate surface area is 118 Å². The molecule has 2 N–H and O–H groups in total. The number of carboxylic acid groups (broad SMARTS) is 1. The smallest absolute Gasteiger partial charge is 0.374 e. The SMILES string of the molecule is O=C(Nc1cc(Br)c(F)cc1F)c1cc(C(=O)O)on1. The lowest BCUT2D eigenvalue weighted by atomic mass is 10.2. The van der Waals surface area contributed by atoms with Gasteiger partial charge in [-0.2, -0.15) is 0 Å². The van der Waals surface area contributed by atoms with Crippen molar-refractivity contribution >= 4 is 33.5 Å². The van der Waals surface area contributed by atoms with Crippen LogP contribution in [0.2, 0.25) is 0 Å². The number of carbonyl (C=O) groups is 2. The molecular formula is C11H5BrF2N2O4. The summed E-state index contributed by atoms with van der Waals surface area (Å²) >= 11 is 2.84. The van der Waals surface area contributed by atoms with E-state index in [1.54, 1.807) is 0 Å². The number of nitrogens with zero attached hydrogens (tertiary/aromatic N) is 1. The Morgan fingerprint density at radius 1 is 1.25 bits per heavy atom. The first-order chi connectivity index (χ1) is 9.38. The molecule has 0 aliphatic heterocycles. The van der Waals surface area contributed by atoms with E-state index < -0.39 is 29.3 Å². The highest BCUT2D eigenvalue weighted by Gasteiger charge is 2.18. The molecule has 0 unspecified atom stereocenters. The highest BCUT2D eigenvalue weighted by molar-refractivity contribution is 9.10. The number of rotatable bonds is 3. The monoisotopic (exact) mass is 346 g/mol.